The minimum absolute atomic E-state index is 0.0650. The maximum absolute atomic E-state index is 12.1. The fourth-order valence-corrected chi connectivity index (χ4v) is 4.87. The number of aliphatic carboxylic acids is 1. The summed E-state index contributed by atoms with van der Waals surface area (Å²) in [5.41, 5.74) is 1.65. The van der Waals surface area contributed by atoms with Crippen molar-refractivity contribution in [2.45, 2.75) is 57.8 Å². The summed E-state index contributed by atoms with van der Waals surface area (Å²) in [4.78, 5) is 12.1. The van der Waals surface area contributed by atoms with Crippen LogP contribution < -0.4 is 9.47 Å². The van der Waals surface area contributed by atoms with Crippen molar-refractivity contribution in [3.05, 3.63) is 58.6 Å². The molecule has 0 aromatic heterocycles. The monoisotopic (exact) mass is 444 g/mol. The molecule has 0 amide bonds. The van der Waals surface area contributed by atoms with Gasteiger partial charge in [-0.05, 0) is 56.5 Å². The van der Waals surface area contributed by atoms with Gasteiger partial charge in [-0.2, -0.15) is 0 Å². The molecule has 1 N–H and O–H groups in total. The molecule has 0 saturated carbocycles. The molecule has 4 atom stereocenters. The number of halogens is 1. The maximum atomic E-state index is 12.1. The lowest BCUT2D eigenvalue weighted by molar-refractivity contribution is -0.192. The van der Waals surface area contributed by atoms with Gasteiger partial charge in [0, 0.05) is 16.5 Å². The molecule has 2 aromatic carbocycles. The van der Waals surface area contributed by atoms with Crippen LogP contribution >= 0.6 is 11.6 Å². The minimum Gasteiger partial charge on any atom is -0.491 e. The molecule has 6 heteroatoms. The van der Waals surface area contributed by atoms with Crippen LogP contribution in [0.2, 0.25) is 5.02 Å². The summed E-state index contributed by atoms with van der Waals surface area (Å²) in [5, 5.41) is 10.5. The smallest absolute Gasteiger partial charge is 0.309 e. The summed E-state index contributed by atoms with van der Waals surface area (Å²) in [6.45, 7) is 6.37. The van der Waals surface area contributed by atoms with Gasteiger partial charge in [0.15, 0.2) is 0 Å². The van der Waals surface area contributed by atoms with E-state index in [-0.39, 0.29) is 18.6 Å². The largest absolute Gasteiger partial charge is 0.491 e. The Kier molecular flexibility index (Phi) is 6.18. The predicted molar refractivity (Wildman–Crippen MR) is 119 cm³/mol. The Morgan fingerprint density at radius 1 is 1.23 bits per heavy atom. The van der Waals surface area contributed by atoms with E-state index < -0.39 is 23.6 Å². The van der Waals surface area contributed by atoms with Crippen LogP contribution in [0.1, 0.15) is 50.8 Å². The van der Waals surface area contributed by atoms with Gasteiger partial charge in [0.25, 0.3) is 0 Å². The molecule has 0 radical (unpaired) electrons. The molecule has 0 bridgehead atoms. The first-order valence-electron chi connectivity index (χ1n) is 10.9. The van der Waals surface area contributed by atoms with E-state index >= 15 is 0 Å². The lowest BCUT2D eigenvalue weighted by Gasteiger charge is -2.50. The van der Waals surface area contributed by atoms with Gasteiger partial charge in [0.05, 0.1) is 12.0 Å². The van der Waals surface area contributed by atoms with E-state index in [9.17, 15) is 9.90 Å². The van der Waals surface area contributed by atoms with Gasteiger partial charge in [-0.3, -0.25) is 4.79 Å². The standard InChI is InChI=1S/C25H29ClO5/c1-4-6-15-7-5-8-18-22(15)31-25(2,3)20-13-19(24(27)28)21(30-23(18)20)14-29-17-11-9-16(26)10-12-17/h5,7-12,19-21,23H,4,6,13-14H2,1-3H3,(H,27,28)/t19-,20+,21+,23-/m1/s1. The van der Waals surface area contributed by atoms with Crippen LogP contribution in [0.15, 0.2) is 42.5 Å². The maximum Gasteiger partial charge on any atom is 0.309 e. The summed E-state index contributed by atoms with van der Waals surface area (Å²) in [7, 11) is 0. The summed E-state index contributed by atoms with van der Waals surface area (Å²) in [6.07, 6.45) is 1.63. The molecule has 2 aliphatic heterocycles. The second-order valence-electron chi connectivity index (χ2n) is 8.94. The highest BCUT2D eigenvalue weighted by Gasteiger charge is 2.52. The Morgan fingerprint density at radius 3 is 2.65 bits per heavy atom. The molecule has 1 saturated heterocycles. The second kappa shape index (κ2) is 8.71. The third-order valence-electron chi connectivity index (χ3n) is 6.40. The number of ether oxygens (including phenoxy) is 3. The molecule has 1 fully saturated rings. The van der Waals surface area contributed by atoms with E-state index in [2.05, 4.69) is 13.0 Å². The number of hydrogen-bond donors (Lipinski definition) is 1. The van der Waals surface area contributed by atoms with Crippen molar-refractivity contribution in [1.29, 1.82) is 0 Å². The first kappa shape index (κ1) is 22.0. The van der Waals surface area contributed by atoms with Crippen LogP contribution in [-0.4, -0.2) is 29.4 Å². The average molecular weight is 445 g/mol. The number of carboxylic acid groups (broad SMARTS) is 1. The van der Waals surface area contributed by atoms with E-state index in [1.807, 2.05) is 26.0 Å². The Labute approximate surface area is 188 Å². The molecule has 2 aromatic rings. The highest BCUT2D eigenvalue weighted by molar-refractivity contribution is 6.30. The zero-order chi connectivity index (χ0) is 22.2. The first-order valence-corrected chi connectivity index (χ1v) is 11.3. The molecule has 31 heavy (non-hydrogen) atoms. The normalized spacial score (nSPS) is 26.3. The molecular formula is C25H29ClO5. The van der Waals surface area contributed by atoms with Crippen molar-refractivity contribution >= 4 is 17.6 Å². The van der Waals surface area contributed by atoms with Crippen molar-refractivity contribution in [1.82, 2.24) is 0 Å². The second-order valence-corrected chi connectivity index (χ2v) is 9.37. The predicted octanol–water partition coefficient (Wildman–Crippen LogP) is 5.69. The van der Waals surface area contributed by atoms with E-state index in [0.717, 1.165) is 24.2 Å². The van der Waals surface area contributed by atoms with Crippen molar-refractivity contribution in [3.63, 3.8) is 0 Å². The zero-order valence-electron chi connectivity index (χ0n) is 18.1. The molecule has 0 aliphatic carbocycles. The number of fused-ring (bicyclic) bond motifs is 3. The first-order chi connectivity index (χ1) is 14.8. The van der Waals surface area contributed by atoms with Crippen LogP contribution in [0, 0.1) is 11.8 Å². The minimum atomic E-state index is -0.871. The zero-order valence-corrected chi connectivity index (χ0v) is 18.9. The third kappa shape index (κ3) is 4.39. The molecule has 4 rings (SSSR count). The van der Waals surface area contributed by atoms with Gasteiger partial charge >= 0.3 is 5.97 Å². The number of carboxylic acids is 1. The summed E-state index contributed by atoms with van der Waals surface area (Å²) in [6, 6.07) is 13.2. The van der Waals surface area contributed by atoms with Gasteiger partial charge in [-0.15, -0.1) is 0 Å². The molecule has 0 spiro atoms. The van der Waals surface area contributed by atoms with Crippen LogP contribution in [0.5, 0.6) is 11.5 Å². The lowest BCUT2D eigenvalue weighted by Crippen LogP contribution is -2.53. The summed E-state index contributed by atoms with van der Waals surface area (Å²) < 4.78 is 18.8. The number of benzene rings is 2. The molecule has 5 nitrogen and oxygen atoms in total. The Bertz CT molecular complexity index is 939. The SMILES string of the molecule is CCCc1cccc2c1OC(C)(C)[C@H]1C[C@@H](C(=O)O)[C@H](COc3ccc(Cl)cc3)O[C@H]21. The van der Waals surface area contributed by atoms with E-state index in [1.165, 1.54) is 5.56 Å². The number of hydrogen-bond acceptors (Lipinski definition) is 4. The van der Waals surface area contributed by atoms with Crippen LogP contribution in [0.3, 0.4) is 0 Å². The van der Waals surface area contributed by atoms with Crippen molar-refractivity contribution < 1.29 is 24.1 Å². The topological polar surface area (TPSA) is 65.0 Å². The van der Waals surface area contributed by atoms with E-state index in [0.29, 0.717) is 17.2 Å². The molecule has 2 aliphatic rings. The van der Waals surface area contributed by atoms with Gasteiger partial charge in [-0.25, -0.2) is 0 Å². The van der Waals surface area contributed by atoms with Gasteiger partial charge in [0.1, 0.15) is 29.8 Å². The lowest BCUT2D eigenvalue weighted by atomic mass is 9.71. The van der Waals surface area contributed by atoms with Gasteiger partial charge in [0.2, 0.25) is 0 Å². The highest BCUT2D eigenvalue weighted by atomic mass is 35.5. The summed E-state index contributed by atoms with van der Waals surface area (Å²) >= 11 is 5.94. The third-order valence-corrected chi connectivity index (χ3v) is 6.65. The molecule has 0 unspecified atom stereocenters. The quantitative estimate of drug-likeness (QED) is 0.620. The number of para-hydroxylation sites is 1. The fourth-order valence-electron chi connectivity index (χ4n) is 4.75. The van der Waals surface area contributed by atoms with Crippen molar-refractivity contribution in [2.75, 3.05) is 6.61 Å². The van der Waals surface area contributed by atoms with Crippen LogP contribution in [-0.2, 0) is 16.0 Å². The van der Waals surface area contributed by atoms with Crippen molar-refractivity contribution in [2.24, 2.45) is 11.8 Å². The molecular weight excluding hydrogens is 416 g/mol. The fraction of sp³-hybridized carbons (Fsp3) is 0.480. The highest BCUT2D eigenvalue weighted by Crippen LogP contribution is 2.53. The van der Waals surface area contributed by atoms with E-state index in [1.54, 1.807) is 24.3 Å². The molecule has 2 heterocycles. The average Bonchev–Trinajstić information content (AvgIpc) is 2.73. The molecule has 166 valence electrons. The number of aryl methyl sites for hydroxylation is 1. The van der Waals surface area contributed by atoms with Gasteiger partial charge in [-0.1, -0.05) is 43.1 Å². The van der Waals surface area contributed by atoms with Gasteiger partial charge < -0.3 is 19.3 Å². The number of rotatable bonds is 6. The Hall–Kier alpha value is -2.24. The Morgan fingerprint density at radius 2 is 1.97 bits per heavy atom. The Balaban J connectivity index is 1.63. The van der Waals surface area contributed by atoms with Crippen LogP contribution in [0.25, 0.3) is 0 Å². The van der Waals surface area contributed by atoms with Crippen LogP contribution in [0.4, 0.5) is 0 Å². The number of carbonyl (C=O) groups is 1. The van der Waals surface area contributed by atoms with E-state index in [4.69, 9.17) is 25.8 Å². The summed E-state index contributed by atoms with van der Waals surface area (Å²) in [5.74, 6) is -0.0787. The van der Waals surface area contributed by atoms with Crippen molar-refractivity contribution in [3.8, 4) is 11.5 Å².